The van der Waals surface area contributed by atoms with Crippen LogP contribution in [0.4, 0.5) is 0 Å². The predicted molar refractivity (Wildman–Crippen MR) is 100 cm³/mol. The molecule has 1 fully saturated rings. The lowest BCUT2D eigenvalue weighted by Crippen LogP contribution is -2.60. The number of hydrogen-bond acceptors (Lipinski definition) is 13. The Kier molecular flexibility index (Phi) is 6.36. The van der Waals surface area contributed by atoms with Crippen molar-refractivity contribution < 1.29 is 65.0 Å². The monoisotopic (exact) mass is 456 g/mol. The summed E-state index contributed by atoms with van der Waals surface area (Å²) in [5.74, 6) is -6.02. The van der Waals surface area contributed by atoms with Gasteiger partial charge in [0, 0.05) is 12.1 Å². The highest BCUT2D eigenvalue weighted by molar-refractivity contribution is 5.91. The minimum absolute atomic E-state index is 0.351. The quantitative estimate of drug-likeness (QED) is 0.194. The molecular weight excluding hydrogens is 436 g/mol. The first-order valence-corrected chi connectivity index (χ1v) is 9.03. The van der Waals surface area contributed by atoms with Crippen LogP contribution in [0, 0.1) is 0 Å². The maximum absolute atomic E-state index is 12.2. The Morgan fingerprint density at radius 3 is 1.94 bits per heavy atom. The minimum Gasteiger partial charge on any atom is -0.508 e. The van der Waals surface area contributed by atoms with Gasteiger partial charge in [-0.15, -0.1) is 0 Å². The normalized spacial score (nSPS) is 25.3. The molecule has 1 saturated heterocycles. The van der Waals surface area contributed by atoms with Crippen molar-refractivity contribution >= 4 is 5.97 Å². The highest BCUT2D eigenvalue weighted by atomic mass is 16.7. The van der Waals surface area contributed by atoms with Gasteiger partial charge in [0.1, 0.15) is 36.8 Å². The molecule has 32 heavy (non-hydrogen) atoms. The van der Waals surface area contributed by atoms with Gasteiger partial charge in [0.15, 0.2) is 28.7 Å². The molecule has 0 aliphatic carbocycles. The van der Waals surface area contributed by atoms with Crippen LogP contribution < -0.4 is 4.74 Å². The third kappa shape index (κ3) is 4.50. The highest BCUT2D eigenvalue weighted by Gasteiger charge is 2.46. The van der Waals surface area contributed by atoms with Crippen LogP contribution in [0.2, 0.25) is 0 Å². The third-order valence-corrected chi connectivity index (χ3v) is 4.62. The molecule has 3 rings (SSSR count). The van der Waals surface area contributed by atoms with E-state index in [0.29, 0.717) is 0 Å². The molecule has 0 bridgehead atoms. The fourth-order valence-electron chi connectivity index (χ4n) is 2.94. The van der Waals surface area contributed by atoms with Crippen LogP contribution in [-0.2, 0) is 9.47 Å². The number of carbonyl (C=O) groups is 1. The number of rotatable bonds is 5. The van der Waals surface area contributed by atoms with Crippen molar-refractivity contribution in [2.75, 3.05) is 6.61 Å². The van der Waals surface area contributed by atoms with E-state index in [2.05, 4.69) is 0 Å². The Balaban J connectivity index is 1.72. The van der Waals surface area contributed by atoms with Crippen LogP contribution in [0.1, 0.15) is 10.4 Å². The van der Waals surface area contributed by atoms with E-state index in [1.807, 2.05) is 0 Å². The summed E-state index contributed by atoms with van der Waals surface area (Å²) in [6.45, 7) is -0.695. The lowest BCUT2D eigenvalue weighted by molar-refractivity contribution is -0.277. The molecule has 174 valence electrons. The highest BCUT2D eigenvalue weighted by Crippen LogP contribution is 2.41. The number of benzene rings is 2. The first-order chi connectivity index (χ1) is 15.0. The molecular formula is C19H20O13. The van der Waals surface area contributed by atoms with Gasteiger partial charge in [-0.2, -0.15) is 0 Å². The van der Waals surface area contributed by atoms with Crippen LogP contribution in [0.25, 0.3) is 0 Å². The van der Waals surface area contributed by atoms with Gasteiger partial charge in [-0.05, 0) is 12.1 Å². The first kappa shape index (κ1) is 23.0. The molecule has 0 spiro atoms. The second kappa shape index (κ2) is 8.84. The summed E-state index contributed by atoms with van der Waals surface area (Å²) >= 11 is 0. The molecule has 9 N–H and O–H groups in total. The standard InChI is InChI=1S/C19H20O13/c20-7-3-10(23)17(11(24)4-7)32-19-16(28)15(27)14(26)12(31-19)5-30-18(29)6-1-8(21)13(25)9(22)2-6/h1-4,12,14-16,19-28H,5H2/t12-,14-,15+,16-,19+/m1/s1. The van der Waals surface area contributed by atoms with E-state index in [9.17, 15) is 50.8 Å². The lowest BCUT2D eigenvalue weighted by atomic mass is 9.99. The zero-order valence-electron chi connectivity index (χ0n) is 16.1. The lowest BCUT2D eigenvalue weighted by Gasteiger charge is -2.39. The van der Waals surface area contributed by atoms with Crippen molar-refractivity contribution in [3.05, 3.63) is 29.8 Å². The summed E-state index contributed by atoms with van der Waals surface area (Å²) in [6.07, 6.45) is -8.65. The second-order valence-corrected chi connectivity index (χ2v) is 6.91. The van der Waals surface area contributed by atoms with E-state index < -0.39 is 83.5 Å². The number of carbonyl (C=O) groups excluding carboxylic acids is 1. The fourth-order valence-corrected chi connectivity index (χ4v) is 2.94. The smallest absolute Gasteiger partial charge is 0.338 e. The maximum atomic E-state index is 12.2. The van der Waals surface area contributed by atoms with Gasteiger partial charge < -0.3 is 60.2 Å². The van der Waals surface area contributed by atoms with Crippen molar-refractivity contribution in [3.63, 3.8) is 0 Å². The van der Waals surface area contributed by atoms with Gasteiger partial charge in [0.2, 0.25) is 12.0 Å². The summed E-state index contributed by atoms with van der Waals surface area (Å²) in [4.78, 5) is 12.2. The molecule has 0 saturated carbocycles. The Morgan fingerprint density at radius 2 is 1.38 bits per heavy atom. The zero-order chi connectivity index (χ0) is 23.7. The maximum Gasteiger partial charge on any atom is 0.338 e. The van der Waals surface area contributed by atoms with Crippen LogP contribution in [-0.4, -0.2) is 89.2 Å². The van der Waals surface area contributed by atoms with Crippen molar-refractivity contribution in [3.8, 4) is 40.2 Å². The largest absolute Gasteiger partial charge is 0.508 e. The molecule has 2 aromatic rings. The molecule has 5 atom stereocenters. The number of esters is 1. The van der Waals surface area contributed by atoms with Crippen molar-refractivity contribution in [1.82, 2.24) is 0 Å². The summed E-state index contributed by atoms with van der Waals surface area (Å²) in [6, 6.07) is 3.29. The van der Waals surface area contributed by atoms with Gasteiger partial charge in [0.25, 0.3) is 0 Å². The molecule has 0 radical (unpaired) electrons. The van der Waals surface area contributed by atoms with E-state index in [4.69, 9.17) is 14.2 Å². The fraction of sp³-hybridized carbons (Fsp3) is 0.316. The molecule has 13 heteroatoms. The Labute approximate surface area is 179 Å². The van der Waals surface area contributed by atoms with E-state index in [0.717, 1.165) is 24.3 Å². The molecule has 0 aromatic heterocycles. The van der Waals surface area contributed by atoms with E-state index in [1.165, 1.54) is 0 Å². The van der Waals surface area contributed by atoms with E-state index >= 15 is 0 Å². The van der Waals surface area contributed by atoms with Crippen LogP contribution in [0.15, 0.2) is 24.3 Å². The average Bonchev–Trinajstić information content (AvgIpc) is 2.72. The van der Waals surface area contributed by atoms with Gasteiger partial charge in [-0.3, -0.25) is 0 Å². The van der Waals surface area contributed by atoms with Crippen LogP contribution >= 0.6 is 0 Å². The minimum atomic E-state index is -1.85. The van der Waals surface area contributed by atoms with Crippen molar-refractivity contribution in [2.24, 2.45) is 0 Å². The Hall–Kier alpha value is -3.65. The second-order valence-electron chi connectivity index (χ2n) is 6.91. The predicted octanol–water partition coefficient (Wildman–Crippen LogP) is -1.04. The molecule has 13 nitrogen and oxygen atoms in total. The van der Waals surface area contributed by atoms with Gasteiger partial charge in [-0.25, -0.2) is 4.79 Å². The van der Waals surface area contributed by atoms with E-state index in [-0.39, 0.29) is 5.56 Å². The number of ether oxygens (including phenoxy) is 3. The third-order valence-electron chi connectivity index (χ3n) is 4.62. The number of phenolic OH excluding ortho intramolecular Hbond substituents is 6. The summed E-state index contributed by atoms with van der Waals surface area (Å²) < 4.78 is 15.4. The van der Waals surface area contributed by atoms with Crippen LogP contribution in [0.3, 0.4) is 0 Å². The zero-order valence-corrected chi connectivity index (χ0v) is 16.1. The number of aliphatic hydroxyl groups is 3. The van der Waals surface area contributed by atoms with Crippen molar-refractivity contribution in [1.29, 1.82) is 0 Å². The summed E-state index contributed by atoms with van der Waals surface area (Å²) in [5.41, 5.74) is -0.351. The molecule has 0 amide bonds. The number of aromatic hydroxyl groups is 6. The SMILES string of the molecule is O=C(OC[C@H]1O[C@@H](Oc2c(O)cc(O)cc2O)[C@H](O)[C@@H](O)[C@@H]1O)c1cc(O)c(O)c(O)c1. The van der Waals surface area contributed by atoms with Gasteiger partial charge >= 0.3 is 5.97 Å². The average molecular weight is 456 g/mol. The van der Waals surface area contributed by atoms with Crippen LogP contribution in [0.5, 0.6) is 40.2 Å². The molecule has 0 unspecified atom stereocenters. The topological polar surface area (TPSA) is 227 Å². The van der Waals surface area contributed by atoms with Gasteiger partial charge in [-0.1, -0.05) is 0 Å². The molecule has 2 aromatic carbocycles. The molecule has 1 aliphatic rings. The first-order valence-electron chi connectivity index (χ1n) is 9.03. The molecule has 1 heterocycles. The summed E-state index contributed by atoms with van der Waals surface area (Å²) in [5, 5.41) is 87.5. The van der Waals surface area contributed by atoms with Gasteiger partial charge in [0.05, 0.1) is 5.56 Å². The van der Waals surface area contributed by atoms with E-state index in [1.54, 1.807) is 0 Å². The molecule has 1 aliphatic heterocycles. The number of phenols is 6. The van der Waals surface area contributed by atoms with Crippen molar-refractivity contribution in [2.45, 2.75) is 30.7 Å². The number of hydrogen-bond donors (Lipinski definition) is 9. The Bertz CT molecular complexity index is 961. The summed E-state index contributed by atoms with van der Waals surface area (Å²) in [7, 11) is 0. The Morgan fingerprint density at radius 1 is 0.812 bits per heavy atom. The number of aliphatic hydroxyl groups excluding tert-OH is 3.